The monoisotopic (exact) mass is 527 g/mol. The molecular formula is C25H23ClFN5O5. The molecule has 0 atom stereocenters. The van der Waals surface area contributed by atoms with Crippen LogP contribution < -0.4 is 10.3 Å². The summed E-state index contributed by atoms with van der Waals surface area (Å²) in [4.78, 5) is 37.5. The van der Waals surface area contributed by atoms with Gasteiger partial charge in [0.05, 0.1) is 40.1 Å². The normalized spacial score (nSPS) is 11.5. The first kappa shape index (κ1) is 26.0. The number of halogens is 2. The first-order chi connectivity index (χ1) is 17.5. The fourth-order valence-corrected chi connectivity index (χ4v) is 4.45. The molecule has 0 aliphatic rings. The molecule has 1 N–H and O–H groups in total. The lowest BCUT2D eigenvalue weighted by Crippen LogP contribution is -2.26. The van der Waals surface area contributed by atoms with Crippen LogP contribution in [0, 0.1) is 15.9 Å². The second-order valence-corrected chi connectivity index (χ2v) is 9.27. The molecule has 192 valence electrons. The van der Waals surface area contributed by atoms with E-state index in [0.717, 1.165) is 4.57 Å². The van der Waals surface area contributed by atoms with Crippen molar-refractivity contribution in [3.05, 3.63) is 73.4 Å². The Morgan fingerprint density at radius 3 is 2.32 bits per heavy atom. The summed E-state index contributed by atoms with van der Waals surface area (Å²) in [5.41, 5.74) is -1.32. The van der Waals surface area contributed by atoms with Crippen LogP contribution in [0.4, 0.5) is 10.1 Å². The number of nitrogens with zero attached hydrogens (tertiary/aromatic N) is 5. The van der Waals surface area contributed by atoms with Gasteiger partial charge < -0.3 is 9.84 Å². The highest BCUT2D eigenvalue weighted by Crippen LogP contribution is 2.41. The number of fused-ring (bicyclic) bond motifs is 1. The van der Waals surface area contributed by atoms with Gasteiger partial charge in [0.25, 0.3) is 0 Å². The molecule has 3 aromatic heterocycles. The van der Waals surface area contributed by atoms with Gasteiger partial charge in [0.15, 0.2) is 5.65 Å². The fraction of sp³-hybridized carbons (Fsp3) is 0.280. The molecule has 12 heteroatoms. The molecule has 3 heterocycles. The largest absolute Gasteiger partial charge is 0.501 e. The third kappa shape index (κ3) is 4.25. The average Bonchev–Trinajstić information content (AvgIpc) is 2.83. The minimum absolute atomic E-state index is 0.0105. The third-order valence-electron chi connectivity index (χ3n) is 5.90. The van der Waals surface area contributed by atoms with E-state index in [-0.39, 0.29) is 50.6 Å². The van der Waals surface area contributed by atoms with Gasteiger partial charge in [0.2, 0.25) is 5.75 Å². The number of methoxy groups -OCH3 is 1. The maximum atomic E-state index is 14.9. The maximum Gasteiger partial charge on any atom is 0.376 e. The molecule has 0 bridgehead atoms. The maximum absolute atomic E-state index is 14.9. The predicted molar refractivity (Wildman–Crippen MR) is 136 cm³/mol. The minimum atomic E-state index is -1.13. The number of ether oxygens (including phenoxy) is 1. The molecule has 1 aromatic carbocycles. The fourth-order valence-electron chi connectivity index (χ4n) is 4.22. The zero-order chi connectivity index (χ0) is 27.2. The summed E-state index contributed by atoms with van der Waals surface area (Å²) in [5.74, 6) is -1.89. The van der Waals surface area contributed by atoms with Gasteiger partial charge in [-0.25, -0.2) is 19.3 Å². The van der Waals surface area contributed by atoms with E-state index in [1.54, 1.807) is 0 Å². The Morgan fingerprint density at radius 2 is 1.78 bits per heavy atom. The van der Waals surface area contributed by atoms with Crippen LogP contribution in [0.2, 0.25) is 5.15 Å². The zero-order valence-electron chi connectivity index (χ0n) is 20.6. The van der Waals surface area contributed by atoms with Crippen LogP contribution in [0.1, 0.15) is 50.9 Å². The molecule has 0 saturated heterocycles. The van der Waals surface area contributed by atoms with Crippen LogP contribution in [0.15, 0.2) is 35.4 Å². The van der Waals surface area contributed by atoms with Gasteiger partial charge in [-0.1, -0.05) is 45.4 Å². The van der Waals surface area contributed by atoms with Gasteiger partial charge in [-0.3, -0.25) is 19.5 Å². The topological polar surface area (TPSA) is 133 Å². The van der Waals surface area contributed by atoms with Crippen molar-refractivity contribution in [2.24, 2.45) is 0 Å². The van der Waals surface area contributed by atoms with E-state index in [1.807, 2.05) is 27.7 Å². The molecular weight excluding hydrogens is 505 g/mol. The van der Waals surface area contributed by atoms with Crippen molar-refractivity contribution in [3.63, 3.8) is 0 Å². The SMILES string of the molecule is COc1cccc(F)c1-c1cc2c(O)c([N+](=O)[O-])c(=O)n(-c3c(C(C)C)ncnc3C(C)C)c2nc1Cl. The lowest BCUT2D eigenvalue weighted by Gasteiger charge is -2.21. The van der Waals surface area contributed by atoms with Gasteiger partial charge in [0.1, 0.15) is 23.0 Å². The minimum Gasteiger partial charge on any atom is -0.501 e. The van der Waals surface area contributed by atoms with E-state index in [4.69, 9.17) is 16.3 Å². The summed E-state index contributed by atoms with van der Waals surface area (Å²) >= 11 is 6.51. The first-order valence-electron chi connectivity index (χ1n) is 11.3. The average molecular weight is 528 g/mol. The quantitative estimate of drug-likeness (QED) is 0.197. The number of hydrogen-bond acceptors (Lipinski definition) is 8. The summed E-state index contributed by atoms with van der Waals surface area (Å²) in [6.07, 6.45) is 1.36. The van der Waals surface area contributed by atoms with Crippen molar-refractivity contribution in [1.82, 2.24) is 19.5 Å². The standard InChI is InChI=1S/C25H23ClFN5O5/c1-11(2)18-20(19(12(3)4)29-10-28-18)31-24-14(22(33)21(25(31)34)32(35)36)9-13(23(26)30-24)17-15(27)7-6-8-16(17)37-5/h6-12,33H,1-5H3. The van der Waals surface area contributed by atoms with Crippen molar-refractivity contribution >= 4 is 28.3 Å². The van der Waals surface area contributed by atoms with Gasteiger partial charge in [-0.05, 0) is 30.0 Å². The van der Waals surface area contributed by atoms with Crippen LogP contribution in [0.3, 0.4) is 0 Å². The second-order valence-electron chi connectivity index (χ2n) is 8.91. The number of rotatable bonds is 6. The molecule has 0 fully saturated rings. The van der Waals surface area contributed by atoms with Gasteiger partial charge >= 0.3 is 11.2 Å². The van der Waals surface area contributed by atoms with Crippen LogP contribution in [-0.2, 0) is 0 Å². The third-order valence-corrected chi connectivity index (χ3v) is 6.18. The van der Waals surface area contributed by atoms with Gasteiger partial charge in [-0.2, -0.15) is 0 Å². The lowest BCUT2D eigenvalue weighted by molar-refractivity contribution is -0.387. The molecule has 37 heavy (non-hydrogen) atoms. The van der Waals surface area contributed by atoms with E-state index >= 15 is 0 Å². The van der Waals surface area contributed by atoms with Crippen molar-refractivity contribution in [3.8, 4) is 28.3 Å². The van der Waals surface area contributed by atoms with Crippen LogP contribution in [-0.4, -0.2) is 36.7 Å². The molecule has 0 amide bonds. The molecule has 0 aliphatic carbocycles. The highest BCUT2D eigenvalue weighted by molar-refractivity contribution is 6.32. The summed E-state index contributed by atoms with van der Waals surface area (Å²) < 4.78 is 21.2. The molecule has 0 unspecified atom stereocenters. The molecule has 10 nitrogen and oxygen atoms in total. The lowest BCUT2D eigenvalue weighted by atomic mass is 10.0. The number of hydrogen-bond donors (Lipinski definition) is 1. The molecule has 4 aromatic rings. The Kier molecular flexibility index (Phi) is 6.83. The molecule has 0 aliphatic heterocycles. The van der Waals surface area contributed by atoms with Gasteiger partial charge in [0, 0.05) is 5.56 Å². The van der Waals surface area contributed by atoms with E-state index in [1.165, 1.54) is 37.7 Å². The van der Waals surface area contributed by atoms with Crippen molar-refractivity contribution in [2.75, 3.05) is 7.11 Å². The Labute approximate surface area is 215 Å². The van der Waals surface area contributed by atoms with E-state index in [9.17, 15) is 24.4 Å². The van der Waals surface area contributed by atoms with Crippen LogP contribution in [0.25, 0.3) is 27.8 Å². The van der Waals surface area contributed by atoms with E-state index in [2.05, 4.69) is 15.0 Å². The number of aromatic nitrogens is 4. The summed E-state index contributed by atoms with van der Waals surface area (Å²) in [5, 5.41) is 22.4. The summed E-state index contributed by atoms with van der Waals surface area (Å²) in [7, 11) is 1.34. The molecule has 0 radical (unpaired) electrons. The van der Waals surface area contributed by atoms with Gasteiger partial charge in [-0.15, -0.1) is 0 Å². The smallest absolute Gasteiger partial charge is 0.376 e. The molecule has 4 rings (SSSR count). The van der Waals surface area contributed by atoms with E-state index < -0.39 is 27.7 Å². The van der Waals surface area contributed by atoms with Crippen molar-refractivity contribution < 1.29 is 19.2 Å². The molecule has 0 saturated carbocycles. The summed E-state index contributed by atoms with van der Waals surface area (Å²) in [6.45, 7) is 7.39. The van der Waals surface area contributed by atoms with Crippen LogP contribution >= 0.6 is 11.6 Å². The summed E-state index contributed by atoms with van der Waals surface area (Å²) in [6, 6.07) is 5.38. The number of pyridine rings is 2. The Hall–Kier alpha value is -4.12. The Morgan fingerprint density at radius 1 is 1.16 bits per heavy atom. The van der Waals surface area contributed by atoms with Crippen LogP contribution in [0.5, 0.6) is 11.5 Å². The zero-order valence-corrected chi connectivity index (χ0v) is 21.4. The van der Waals surface area contributed by atoms with Crippen molar-refractivity contribution in [2.45, 2.75) is 39.5 Å². The Bertz CT molecular complexity index is 1590. The Balaban J connectivity index is 2.25. The first-order valence-corrected chi connectivity index (χ1v) is 11.7. The highest BCUT2D eigenvalue weighted by Gasteiger charge is 2.32. The van der Waals surface area contributed by atoms with Crippen molar-refractivity contribution in [1.29, 1.82) is 0 Å². The predicted octanol–water partition coefficient (Wildman–Crippen LogP) is 5.50. The number of aromatic hydroxyl groups is 1. The number of nitro groups is 1. The highest BCUT2D eigenvalue weighted by atomic mass is 35.5. The molecule has 0 spiro atoms. The van der Waals surface area contributed by atoms with E-state index in [0.29, 0.717) is 11.4 Å². The number of benzene rings is 1. The second kappa shape index (κ2) is 9.74.